The first-order valence-electron chi connectivity index (χ1n) is 3.14. The molecule has 3 N–H and O–H groups in total. The van der Waals surface area contributed by atoms with E-state index < -0.39 is 0 Å². The average Bonchev–Trinajstić information content (AvgIpc) is 2.40. The van der Waals surface area contributed by atoms with E-state index in [4.69, 9.17) is 15.0 Å². The number of carbonyl (C=O) groups excluding carboxylic acids is 1. The zero-order chi connectivity index (χ0) is 7.98. The number of carbonyl (C=O) groups is 1. The Morgan fingerprint density at radius 2 is 2.20 bits per heavy atom. The maximum atomic E-state index is 8.86. The summed E-state index contributed by atoms with van der Waals surface area (Å²) in [5.74, 6) is 0. The zero-order valence-electron chi connectivity index (χ0n) is 5.79. The van der Waals surface area contributed by atoms with Crippen molar-refractivity contribution in [3.63, 3.8) is 0 Å². The highest BCUT2D eigenvalue weighted by Gasteiger charge is 2.20. The van der Waals surface area contributed by atoms with Crippen molar-refractivity contribution in [3.8, 4) is 0 Å². The number of rotatable bonds is 1. The van der Waals surface area contributed by atoms with Crippen LogP contribution in [0.1, 0.15) is 6.42 Å². The largest absolute Gasteiger partial charge is 0.395 e. The minimum absolute atomic E-state index is 0.130. The second-order valence-corrected chi connectivity index (χ2v) is 2.18. The predicted octanol–water partition coefficient (Wildman–Crippen LogP) is -1.48. The molecule has 1 aliphatic heterocycles. The summed E-state index contributed by atoms with van der Waals surface area (Å²) in [6.07, 6.45) is 0.448. The fourth-order valence-electron chi connectivity index (χ4n) is 0.937. The number of hydrogen-bond donors (Lipinski definition) is 3. The van der Waals surface area contributed by atoms with E-state index in [-0.39, 0.29) is 18.8 Å². The third-order valence-corrected chi connectivity index (χ3v) is 1.42. The number of aliphatic hydroxyl groups is 2. The van der Waals surface area contributed by atoms with Crippen LogP contribution in [0.2, 0.25) is 0 Å². The van der Waals surface area contributed by atoms with E-state index in [1.165, 1.54) is 0 Å². The van der Waals surface area contributed by atoms with Crippen LogP contribution in [0.15, 0.2) is 0 Å². The second kappa shape index (κ2) is 5.34. The van der Waals surface area contributed by atoms with E-state index in [2.05, 4.69) is 5.32 Å². The van der Waals surface area contributed by atoms with Gasteiger partial charge in [-0.25, -0.2) is 0 Å². The van der Waals surface area contributed by atoms with Crippen molar-refractivity contribution in [1.29, 1.82) is 0 Å². The second-order valence-electron chi connectivity index (χ2n) is 2.18. The first kappa shape index (κ1) is 9.55. The predicted molar refractivity (Wildman–Crippen MR) is 36.6 cm³/mol. The Morgan fingerprint density at radius 1 is 1.60 bits per heavy atom. The molecule has 0 bridgehead atoms. The highest BCUT2D eigenvalue weighted by Crippen LogP contribution is 2.03. The quantitative estimate of drug-likeness (QED) is 0.423. The van der Waals surface area contributed by atoms with E-state index in [1.807, 2.05) is 6.79 Å². The molecule has 0 aromatic carbocycles. The Labute approximate surface area is 59.9 Å². The van der Waals surface area contributed by atoms with Crippen LogP contribution in [0, 0.1) is 0 Å². The lowest BCUT2D eigenvalue weighted by Gasteiger charge is -2.01. The van der Waals surface area contributed by atoms with Crippen LogP contribution in [0.3, 0.4) is 0 Å². The molecule has 0 saturated carbocycles. The van der Waals surface area contributed by atoms with Crippen LogP contribution < -0.4 is 5.32 Å². The SMILES string of the molecule is C=O.OC[C@@H]1CC(O)CN1. The molecular weight excluding hydrogens is 134 g/mol. The zero-order valence-corrected chi connectivity index (χ0v) is 5.79. The molecule has 1 rings (SSSR count). The molecule has 10 heavy (non-hydrogen) atoms. The van der Waals surface area contributed by atoms with Crippen LogP contribution in [-0.4, -0.2) is 42.3 Å². The molecule has 1 fully saturated rings. The van der Waals surface area contributed by atoms with Gasteiger partial charge in [0.2, 0.25) is 0 Å². The summed E-state index contributed by atoms with van der Waals surface area (Å²) in [5, 5.41) is 20.3. The molecular formula is C6H13NO3. The van der Waals surface area contributed by atoms with Crippen molar-refractivity contribution in [2.24, 2.45) is 0 Å². The first-order valence-corrected chi connectivity index (χ1v) is 3.14. The fraction of sp³-hybridized carbons (Fsp3) is 0.833. The van der Waals surface area contributed by atoms with Crippen molar-refractivity contribution in [2.75, 3.05) is 13.2 Å². The highest BCUT2D eigenvalue weighted by atomic mass is 16.3. The normalized spacial score (nSPS) is 31.0. The number of β-amino-alcohol motifs (C(OH)–C–C–N with tert-alkyl or cyclic N) is 1. The maximum Gasteiger partial charge on any atom is 0.106 e. The Hall–Kier alpha value is -0.450. The van der Waals surface area contributed by atoms with Gasteiger partial charge in [0.15, 0.2) is 0 Å². The third-order valence-electron chi connectivity index (χ3n) is 1.42. The first-order chi connectivity index (χ1) is 4.83. The summed E-state index contributed by atoms with van der Waals surface area (Å²) in [6, 6.07) is 0.130. The summed E-state index contributed by atoms with van der Waals surface area (Å²) in [7, 11) is 0. The van der Waals surface area contributed by atoms with Gasteiger partial charge in [0.05, 0.1) is 12.7 Å². The Balaban J connectivity index is 0.000000371. The summed E-state index contributed by atoms with van der Waals surface area (Å²) < 4.78 is 0. The van der Waals surface area contributed by atoms with Gasteiger partial charge in [0.25, 0.3) is 0 Å². The average molecular weight is 147 g/mol. The Morgan fingerprint density at radius 3 is 2.40 bits per heavy atom. The molecule has 1 heterocycles. The molecule has 0 spiro atoms. The molecule has 1 saturated heterocycles. The standard InChI is InChI=1S/C5H11NO2.CH2O/c7-3-4-1-5(8)2-6-4;1-2/h4-8H,1-3H2;1H2/t4-,5?;/m0./s1. The molecule has 0 aromatic heterocycles. The molecule has 4 heteroatoms. The lowest BCUT2D eigenvalue weighted by molar-refractivity contribution is -0.0979. The van der Waals surface area contributed by atoms with Crippen molar-refractivity contribution < 1.29 is 15.0 Å². The van der Waals surface area contributed by atoms with Gasteiger partial charge in [-0.05, 0) is 6.42 Å². The topological polar surface area (TPSA) is 69.6 Å². The highest BCUT2D eigenvalue weighted by molar-refractivity contribution is 5.10. The minimum atomic E-state index is -0.243. The molecule has 0 amide bonds. The van der Waals surface area contributed by atoms with E-state index in [0.29, 0.717) is 13.0 Å². The van der Waals surface area contributed by atoms with Gasteiger partial charge in [-0.2, -0.15) is 0 Å². The molecule has 0 radical (unpaired) electrons. The monoisotopic (exact) mass is 147 g/mol. The fourth-order valence-corrected chi connectivity index (χ4v) is 0.937. The van der Waals surface area contributed by atoms with E-state index in [9.17, 15) is 0 Å². The maximum absolute atomic E-state index is 8.86. The van der Waals surface area contributed by atoms with Crippen LogP contribution in [-0.2, 0) is 4.79 Å². The van der Waals surface area contributed by atoms with Gasteiger partial charge in [-0.3, -0.25) is 0 Å². The summed E-state index contributed by atoms with van der Waals surface area (Å²) >= 11 is 0. The number of aliphatic hydroxyl groups excluding tert-OH is 2. The van der Waals surface area contributed by atoms with Gasteiger partial charge in [-0.15, -0.1) is 0 Å². The summed E-state index contributed by atoms with van der Waals surface area (Å²) in [4.78, 5) is 8.00. The van der Waals surface area contributed by atoms with Crippen molar-refractivity contribution in [2.45, 2.75) is 18.6 Å². The van der Waals surface area contributed by atoms with Crippen LogP contribution in [0.4, 0.5) is 0 Å². The van der Waals surface area contributed by atoms with E-state index in [1.54, 1.807) is 0 Å². The van der Waals surface area contributed by atoms with Gasteiger partial charge in [-0.1, -0.05) is 0 Å². The number of hydrogen-bond acceptors (Lipinski definition) is 4. The van der Waals surface area contributed by atoms with Crippen LogP contribution in [0.25, 0.3) is 0 Å². The molecule has 2 atom stereocenters. The number of nitrogens with one attached hydrogen (secondary N) is 1. The minimum Gasteiger partial charge on any atom is -0.395 e. The summed E-state index contributed by atoms with van der Waals surface area (Å²) in [5.41, 5.74) is 0. The molecule has 1 aliphatic rings. The third kappa shape index (κ3) is 2.91. The van der Waals surface area contributed by atoms with Crippen molar-refractivity contribution in [3.05, 3.63) is 0 Å². The summed E-state index contributed by atoms with van der Waals surface area (Å²) in [6.45, 7) is 2.77. The van der Waals surface area contributed by atoms with Crippen molar-refractivity contribution in [1.82, 2.24) is 5.32 Å². The lowest BCUT2D eigenvalue weighted by Crippen LogP contribution is -2.24. The van der Waals surface area contributed by atoms with Gasteiger partial charge < -0.3 is 20.3 Å². The van der Waals surface area contributed by atoms with Crippen molar-refractivity contribution >= 4 is 6.79 Å². The molecule has 1 unspecified atom stereocenters. The molecule has 60 valence electrons. The van der Waals surface area contributed by atoms with E-state index in [0.717, 1.165) is 0 Å². The van der Waals surface area contributed by atoms with Gasteiger partial charge >= 0.3 is 0 Å². The van der Waals surface area contributed by atoms with Gasteiger partial charge in [0.1, 0.15) is 6.79 Å². The van der Waals surface area contributed by atoms with E-state index >= 15 is 0 Å². The van der Waals surface area contributed by atoms with Crippen LogP contribution in [0.5, 0.6) is 0 Å². The molecule has 4 nitrogen and oxygen atoms in total. The molecule has 0 aliphatic carbocycles. The van der Waals surface area contributed by atoms with Crippen LogP contribution >= 0.6 is 0 Å². The van der Waals surface area contributed by atoms with Gasteiger partial charge in [0, 0.05) is 12.6 Å². The Bertz CT molecular complexity index is 89.1. The smallest absolute Gasteiger partial charge is 0.106 e. The lowest BCUT2D eigenvalue weighted by atomic mass is 10.2. The molecule has 0 aromatic rings. The Kier molecular flexibility index (Phi) is 5.10.